The van der Waals surface area contributed by atoms with Crippen molar-refractivity contribution in [1.82, 2.24) is 10.6 Å². The second-order valence-electron chi connectivity index (χ2n) is 5.62. The summed E-state index contributed by atoms with van der Waals surface area (Å²) in [5.41, 5.74) is 0. The number of hydrogen-bond acceptors (Lipinski definition) is 5. The van der Waals surface area contributed by atoms with Gasteiger partial charge in [0.25, 0.3) is 0 Å². The lowest BCUT2D eigenvalue weighted by Crippen LogP contribution is -2.38. The molecule has 0 aromatic carbocycles. The molecule has 0 aromatic rings. The maximum atomic E-state index is 11.0. The van der Waals surface area contributed by atoms with E-state index in [9.17, 15) is 4.79 Å². The van der Waals surface area contributed by atoms with Gasteiger partial charge < -0.3 is 24.8 Å². The molecule has 0 radical (unpaired) electrons. The van der Waals surface area contributed by atoms with Crippen LogP contribution in [0.25, 0.3) is 0 Å². The molecule has 7 nitrogen and oxygen atoms in total. The topological polar surface area (TPSA) is 81.2 Å². The third kappa shape index (κ3) is 10.1. The summed E-state index contributed by atoms with van der Waals surface area (Å²) >= 11 is 0. The van der Waals surface area contributed by atoms with E-state index >= 15 is 0 Å². The van der Waals surface area contributed by atoms with E-state index in [2.05, 4.69) is 20.4 Å². The smallest absolute Gasteiger partial charge is 0.305 e. The van der Waals surface area contributed by atoms with Crippen LogP contribution in [0.1, 0.15) is 32.1 Å². The van der Waals surface area contributed by atoms with Crippen LogP contribution in [0, 0.1) is 5.92 Å². The molecule has 1 saturated heterocycles. The van der Waals surface area contributed by atoms with Gasteiger partial charge in [0.05, 0.1) is 20.3 Å². The molecule has 1 fully saturated rings. The standard InChI is InChI=1S/C16H31N3O4/c1-17-16(18-8-4-3-6-15(20)21-2)19-9-5-10-22-12-14-7-11-23-13-14/h14H,3-13H2,1-2H3,(H2,17,18,19). The maximum Gasteiger partial charge on any atom is 0.305 e. The summed E-state index contributed by atoms with van der Waals surface area (Å²) in [4.78, 5) is 15.1. The zero-order valence-electron chi connectivity index (χ0n) is 14.4. The predicted octanol–water partition coefficient (Wildman–Crippen LogP) is 0.938. The van der Waals surface area contributed by atoms with Crippen LogP contribution in [0.5, 0.6) is 0 Å². The molecule has 0 bridgehead atoms. The number of carbonyl (C=O) groups is 1. The molecule has 7 heteroatoms. The summed E-state index contributed by atoms with van der Waals surface area (Å²) in [7, 11) is 3.16. The highest BCUT2D eigenvalue weighted by atomic mass is 16.5. The number of nitrogens with zero attached hydrogens (tertiary/aromatic N) is 1. The normalized spacial score (nSPS) is 18.0. The summed E-state index contributed by atoms with van der Waals surface area (Å²) in [6.07, 6.45) is 4.24. The molecular formula is C16H31N3O4. The van der Waals surface area contributed by atoms with E-state index in [1.54, 1.807) is 7.05 Å². The molecule has 0 amide bonds. The number of aliphatic imine (C=N–C) groups is 1. The Morgan fingerprint density at radius 1 is 1.26 bits per heavy atom. The van der Waals surface area contributed by atoms with E-state index in [-0.39, 0.29) is 5.97 Å². The van der Waals surface area contributed by atoms with Crippen LogP contribution in [0.15, 0.2) is 4.99 Å². The summed E-state index contributed by atoms with van der Waals surface area (Å²) in [6.45, 7) is 4.87. The Balaban J connectivity index is 1.91. The van der Waals surface area contributed by atoms with Gasteiger partial charge in [-0.25, -0.2) is 0 Å². The van der Waals surface area contributed by atoms with Crippen LogP contribution in [0.3, 0.4) is 0 Å². The third-order valence-electron chi connectivity index (χ3n) is 3.69. The quantitative estimate of drug-likeness (QED) is 0.254. The highest BCUT2D eigenvalue weighted by Crippen LogP contribution is 2.12. The Morgan fingerprint density at radius 3 is 2.70 bits per heavy atom. The van der Waals surface area contributed by atoms with Crippen molar-refractivity contribution in [1.29, 1.82) is 0 Å². The lowest BCUT2D eigenvalue weighted by Gasteiger charge is -2.12. The number of hydrogen-bond donors (Lipinski definition) is 2. The Hall–Kier alpha value is -1.34. The number of methoxy groups -OCH3 is 1. The zero-order chi connectivity index (χ0) is 16.8. The van der Waals surface area contributed by atoms with Gasteiger partial charge in [0, 0.05) is 45.7 Å². The van der Waals surface area contributed by atoms with E-state index in [1.807, 2.05) is 0 Å². The van der Waals surface area contributed by atoms with Gasteiger partial charge in [-0.15, -0.1) is 0 Å². The first-order chi connectivity index (χ1) is 11.3. The second-order valence-corrected chi connectivity index (χ2v) is 5.62. The van der Waals surface area contributed by atoms with Gasteiger partial charge in [-0.1, -0.05) is 0 Å². The average molecular weight is 329 g/mol. The molecule has 1 rings (SSSR count). The monoisotopic (exact) mass is 329 g/mol. The molecule has 23 heavy (non-hydrogen) atoms. The molecule has 0 aromatic heterocycles. The fourth-order valence-electron chi connectivity index (χ4n) is 2.27. The minimum Gasteiger partial charge on any atom is -0.469 e. The van der Waals surface area contributed by atoms with Crippen molar-refractivity contribution in [3.8, 4) is 0 Å². The van der Waals surface area contributed by atoms with E-state index in [0.717, 1.165) is 71.2 Å². The molecule has 0 spiro atoms. The summed E-state index contributed by atoms with van der Waals surface area (Å²) < 4.78 is 15.6. The molecule has 1 atom stereocenters. The zero-order valence-corrected chi connectivity index (χ0v) is 14.4. The molecule has 1 heterocycles. The summed E-state index contributed by atoms with van der Waals surface area (Å²) in [5.74, 6) is 1.20. The minimum absolute atomic E-state index is 0.156. The lowest BCUT2D eigenvalue weighted by atomic mass is 10.1. The number of unbranched alkanes of at least 4 members (excludes halogenated alkanes) is 1. The van der Waals surface area contributed by atoms with Crippen molar-refractivity contribution in [3.63, 3.8) is 0 Å². The molecule has 1 aliphatic heterocycles. The first-order valence-electron chi connectivity index (χ1n) is 8.43. The predicted molar refractivity (Wildman–Crippen MR) is 89.6 cm³/mol. The average Bonchev–Trinajstić information content (AvgIpc) is 3.08. The third-order valence-corrected chi connectivity index (χ3v) is 3.69. The first kappa shape index (κ1) is 19.7. The lowest BCUT2D eigenvalue weighted by molar-refractivity contribution is -0.140. The highest BCUT2D eigenvalue weighted by molar-refractivity contribution is 5.79. The van der Waals surface area contributed by atoms with Crippen LogP contribution < -0.4 is 10.6 Å². The van der Waals surface area contributed by atoms with Gasteiger partial charge >= 0.3 is 5.97 Å². The van der Waals surface area contributed by atoms with E-state index in [1.165, 1.54) is 7.11 Å². The summed E-state index contributed by atoms with van der Waals surface area (Å²) in [6, 6.07) is 0. The molecular weight excluding hydrogens is 298 g/mol. The van der Waals surface area contributed by atoms with E-state index < -0.39 is 0 Å². The van der Waals surface area contributed by atoms with Crippen molar-refractivity contribution < 1.29 is 19.0 Å². The van der Waals surface area contributed by atoms with Crippen LogP contribution in [0.4, 0.5) is 0 Å². The molecule has 0 aliphatic carbocycles. The highest BCUT2D eigenvalue weighted by Gasteiger charge is 2.15. The van der Waals surface area contributed by atoms with Crippen LogP contribution in [-0.4, -0.2) is 65.6 Å². The van der Waals surface area contributed by atoms with Crippen molar-refractivity contribution >= 4 is 11.9 Å². The van der Waals surface area contributed by atoms with Gasteiger partial charge in [-0.2, -0.15) is 0 Å². The summed E-state index contributed by atoms with van der Waals surface area (Å²) in [5, 5.41) is 6.48. The van der Waals surface area contributed by atoms with Crippen molar-refractivity contribution in [2.24, 2.45) is 10.9 Å². The van der Waals surface area contributed by atoms with Crippen molar-refractivity contribution in [2.75, 3.05) is 53.7 Å². The molecule has 134 valence electrons. The van der Waals surface area contributed by atoms with Gasteiger partial charge in [0.15, 0.2) is 5.96 Å². The fourth-order valence-corrected chi connectivity index (χ4v) is 2.27. The number of ether oxygens (including phenoxy) is 3. The maximum absolute atomic E-state index is 11.0. The number of carbonyl (C=O) groups excluding carboxylic acids is 1. The van der Waals surface area contributed by atoms with Gasteiger partial charge in [-0.05, 0) is 25.7 Å². The van der Waals surface area contributed by atoms with E-state index in [4.69, 9.17) is 9.47 Å². The van der Waals surface area contributed by atoms with Crippen LogP contribution in [0.2, 0.25) is 0 Å². The Labute approximate surface area is 139 Å². The number of guanidine groups is 1. The molecule has 2 N–H and O–H groups in total. The van der Waals surface area contributed by atoms with Crippen LogP contribution in [-0.2, 0) is 19.0 Å². The largest absolute Gasteiger partial charge is 0.469 e. The first-order valence-corrected chi connectivity index (χ1v) is 8.43. The molecule has 1 unspecified atom stereocenters. The van der Waals surface area contributed by atoms with E-state index in [0.29, 0.717) is 12.3 Å². The fraction of sp³-hybridized carbons (Fsp3) is 0.875. The second kappa shape index (κ2) is 13.1. The molecule has 0 saturated carbocycles. The van der Waals surface area contributed by atoms with Crippen LogP contribution >= 0.6 is 0 Å². The van der Waals surface area contributed by atoms with Gasteiger partial charge in [0.2, 0.25) is 0 Å². The molecule has 1 aliphatic rings. The minimum atomic E-state index is -0.156. The van der Waals surface area contributed by atoms with Crippen molar-refractivity contribution in [3.05, 3.63) is 0 Å². The van der Waals surface area contributed by atoms with Crippen molar-refractivity contribution in [2.45, 2.75) is 32.1 Å². The Morgan fingerprint density at radius 2 is 2.04 bits per heavy atom. The van der Waals surface area contributed by atoms with Gasteiger partial charge in [-0.3, -0.25) is 9.79 Å². The SMILES string of the molecule is CN=C(NCCCCC(=O)OC)NCCCOCC1CCOC1. The Bertz CT molecular complexity index is 344. The number of esters is 1. The Kier molecular flexibility index (Phi) is 11.3. The number of nitrogens with one attached hydrogen (secondary N) is 2. The van der Waals surface area contributed by atoms with Gasteiger partial charge in [0.1, 0.15) is 0 Å². The number of rotatable bonds is 11.